The van der Waals surface area contributed by atoms with E-state index in [9.17, 15) is 28.7 Å². The number of pyridine rings is 1. The van der Waals surface area contributed by atoms with Crippen LogP contribution in [0.1, 0.15) is 63.0 Å². The van der Waals surface area contributed by atoms with E-state index in [-0.39, 0.29) is 91.2 Å². The highest BCUT2D eigenvalue weighted by Gasteiger charge is 2.62. The molecule has 4 amide bonds. The van der Waals surface area contributed by atoms with Gasteiger partial charge in [-0.1, -0.05) is 79.2 Å². The van der Waals surface area contributed by atoms with Crippen molar-refractivity contribution in [2.24, 2.45) is 10.8 Å². The van der Waals surface area contributed by atoms with Crippen molar-refractivity contribution in [1.29, 1.82) is 0 Å². The number of rotatable bonds is 16. The van der Waals surface area contributed by atoms with E-state index < -0.39 is 30.8 Å². The van der Waals surface area contributed by atoms with Crippen LogP contribution < -0.4 is 19.1 Å². The minimum atomic E-state index is -4.96. The molecule has 366 valence electrons. The second-order valence-corrected chi connectivity index (χ2v) is 22.8. The van der Waals surface area contributed by atoms with Crippen molar-refractivity contribution in [1.82, 2.24) is 14.8 Å². The van der Waals surface area contributed by atoms with Gasteiger partial charge in [-0.15, -0.1) is 23.2 Å². The highest BCUT2D eigenvalue weighted by atomic mass is 35.5. The van der Waals surface area contributed by atoms with Crippen molar-refractivity contribution in [2.45, 2.75) is 62.1 Å². The van der Waals surface area contributed by atoms with Gasteiger partial charge in [0.25, 0.3) is 0 Å². The Kier molecular flexibility index (Phi) is 15.1. The standard InChI is InChI=1S/C49H54Cl2N5O10PS2/c1-6-49(28-48(3,29-49)44(57)55-25-31(23-50)43-36-16-10-8-14-34(36)40(22-38(43)55)66-67(61,62)63)45(58)56-26-32(24-51)42-35-15-9-7-13-33(35)39(21-37(42)56)65-47(60)54(5)20-19-53(4)46(59)64-27-30(2)68-69-41-17-11-12-18-52-41/h7-18,21-22,30-32H,6,19-20,23-29H2,1-5H3,(H2,61,62,63)/t30-,31-,32-,48?,49?/m1/s1. The number of hydrogen-bond donors (Lipinski definition) is 2. The Labute approximate surface area is 418 Å². The fraction of sp³-hybridized carbons (Fsp3) is 0.408. The van der Waals surface area contributed by atoms with Gasteiger partial charge in [-0.3, -0.25) is 19.4 Å². The van der Waals surface area contributed by atoms with Crippen LogP contribution in [-0.2, 0) is 18.9 Å². The number of alkyl halides is 2. The predicted octanol–water partition coefficient (Wildman–Crippen LogP) is 10.4. The molecule has 20 heteroatoms. The van der Waals surface area contributed by atoms with E-state index in [0.717, 1.165) is 21.5 Å². The Hall–Kier alpha value is -4.74. The van der Waals surface area contributed by atoms with Gasteiger partial charge in [0.05, 0.1) is 16.8 Å². The average molecular weight is 1040 g/mol. The highest BCUT2D eigenvalue weighted by molar-refractivity contribution is 8.76. The van der Waals surface area contributed by atoms with Crippen LogP contribution in [0, 0.1) is 10.8 Å². The fourth-order valence-corrected chi connectivity index (χ4v) is 12.8. The monoisotopic (exact) mass is 1040 g/mol. The summed E-state index contributed by atoms with van der Waals surface area (Å²) in [6.45, 7) is 6.82. The van der Waals surface area contributed by atoms with Gasteiger partial charge >= 0.3 is 20.0 Å². The number of carbonyl (C=O) groups is 4. The van der Waals surface area contributed by atoms with Crippen molar-refractivity contribution >= 4 is 110 Å². The Morgan fingerprint density at radius 1 is 0.812 bits per heavy atom. The van der Waals surface area contributed by atoms with Crippen LogP contribution in [0.25, 0.3) is 21.5 Å². The molecule has 4 aromatic carbocycles. The number of benzene rings is 4. The number of phosphoric acid groups is 1. The fourth-order valence-electron chi connectivity index (χ4n) is 10.0. The van der Waals surface area contributed by atoms with Gasteiger partial charge in [-0.25, -0.2) is 19.1 Å². The first kappa shape index (κ1) is 50.6. The van der Waals surface area contributed by atoms with Gasteiger partial charge in [0.15, 0.2) is 0 Å². The maximum Gasteiger partial charge on any atom is 0.524 e. The number of carbonyl (C=O) groups excluding carboxylic acids is 4. The van der Waals surface area contributed by atoms with Crippen molar-refractivity contribution in [2.75, 3.05) is 68.4 Å². The molecule has 3 heterocycles. The van der Waals surface area contributed by atoms with Gasteiger partial charge in [-0.05, 0) is 71.0 Å². The van der Waals surface area contributed by atoms with Gasteiger partial charge in [-0.2, -0.15) is 0 Å². The zero-order valence-electron chi connectivity index (χ0n) is 38.8. The normalized spacial score (nSPS) is 21.1. The lowest BCUT2D eigenvalue weighted by atomic mass is 9.51. The lowest BCUT2D eigenvalue weighted by Gasteiger charge is -2.54. The highest BCUT2D eigenvalue weighted by Crippen LogP contribution is 2.61. The summed E-state index contributed by atoms with van der Waals surface area (Å²) >= 11 is 13.2. The number of hydrogen-bond acceptors (Lipinski definition) is 11. The van der Waals surface area contributed by atoms with E-state index in [1.165, 1.54) is 26.7 Å². The van der Waals surface area contributed by atoms with E-state index in [1.807, 2.05) is 75.4 Å². The first-order chi connectivity index (χ1) is 32.9. The van der Waals surface area contributed by atoms with E-state index >= 15 is 4.79 Å². The van der Waals surface area contributed by atoms with E-state index in [2.05, 4.69) is 4.98 Å². The number of fused-ring (bicyclic) bond motifs is 6. The average Bonchev–Trinajstić information content (AvgIpc) is 3.91. The smallest absolute Gasteiger partial charge is 0.448 e. The maximum absolute atomic E-state index is 15.1. The number of ether oxygens (including phenoxy) is 2. The molecule has 2 N–H and O–H groups in total. The van der Waals surface area contributed by atoms with Crippen molar-refractivity contribution < 1.29 is 47.5 Å². The zero-order valence-corrected chi connectivity index (χ0v) is 42.8. The molecule has 1 aromatic heterocycles. The molecule has 3 aliphatic rings. The molecule has 8 rings (SSSR count). The Bertz CT molecular complexity index is 2830. The molecule has 0 saturated heterocycles. The van der Waals surface area contributed by atoms with Crippen molar-refractivity contribution in [3.63, 3.8) is 0 Å². The molecule has 15 nitrogen and oxygen atoms in total. The first-order valence-corrected chi connectivity index (χ1v) is 27.4. The first-order valence-electron chi connectivity index (χ1n) is 22.6. The Morgan fingerprint density at radius 3 is 1.87 bits per heavy atom. The molecular formula is C49H54Cl2N5O10PS2. The van der Waals surface area contributed by atoms with Crippen LogP contribution in [-0.4, -0.2) is 112 Å². The predicted molar refractivity (Wildman–Crippen MR) is 272 cm³/mol. The lowest BCUT2D eigenvalue weighted by Crippen LogP contribution is -2.60. The van der Waals surface area contributed by atoms with Crippen LogP contribution in [0.3, 0.4) is 0 Å². The molecule has 0 radical (unpaired) electrons. The summed E-state index contributed by atoms with van der Waals surface area (Å²) in [6.07, 6.45) is 1.49. The second-order valence-electron chi connectivity index (χ2n) is 18.3. The van der Waals surface area contributed by atoms with E-state index in [0.29, 0.717) is 40.5 Å². The van der Waals surface area contributed by atoms with Crippen LogP contribution in [0.15, 0.2) is 90.1 Å². The zero-order chi connectivity index (χ0) is 49.4. The summed E-state index contributed by atoms with van der Waals surface area (Å²) in [5.74, 6) is -0.231. The van der Waals surface area contributed by atoms with Crippen molar-refractivity contribution in [3.8, 4) is 11.5 Å². The number of amides is 4. The molecule has 0 unspecified atom stereocenters. The molecule has 2 aliphatic heterocycles. The van der Waals surface area contributed by atoms with Crippen LogP contribution >= 0.6 is 52.6 Å². The number of halogens is 2. The molecule has 1 fully saturated rings. The summed E-state index contributed by atoms with van der Waals surface area (Å²) in [6, 6.07) is 23.5. The number of phosphoric ester groups is 1. The molecule has 0 spiro atoms. The van der Waals surface area contributed by atoms with E-state index in [4.69, 9.17) is 37.2 Å². The SMILES string of the molecule is CCC1(C(=O)N2C[C@@H](CCl)c3c2cc(OC(=O)N(C)CCN(C)C(=O)OC[C@@H](C)SSc2ccccn2)c2ccccc32)CC(C)(C(=O)N2C[C@@H](CCl)c3c2cc(OP(=O)(O)O)c2ccccc32)C1. The van der Waals surface area contributed by atoms with Crippen molar-refractivity contribution in [3.05, 3.63) is 96.2 Å². The summed E-state index contributed by atoms with van der Waals surface area (Å²) in [4.78, 5) is 86.5. The van der Waals surface area contributed by atoms with Gasteiger partial charge in [0.1, 0.15) is 23.1 Å². The van der Waals surface area contributed by atoms with Gasteiger partial charge in [0, 0.05) is 104 Å². The largest absolute Gasteiger partial charge is 0.524 e. The van der Waals surface area contributed by atoms with Crippen LogP contribution in [0.5, 0.6) is 11.5 Å². The van der Waals surface area contributed by atoms with Gasteiger partial charge in [0.2, 0.25) is 11.8 Å². The Balaban J connectivity index is 0.970. The minimum Gasteiger partial charge on any atom is -0.448 e. The third kappa shape index (κ3) is 10.2. The van der Waals surface area contributed by atoms with Crippen LogP contribution in [0.2, 0.25) is 0 Å². The molecule has 1 saturated carbocycles. The number of likely N-dealkylation sites (N-methyl/N-ethyl adjacent to an activating group) is 2. The Morgan fingerprint density at radius 2 is 1.33 bits per heavy atom. The third-order valence-electron chi connectivity index (χ3n) is 13.4. The summed E-state index contributed by atoms with van der Waals surface area (Å²) in [7, 11) is 1.29. The third-order valence-corrected chi connectivity index (χ3v) is 17.3. The summed E-state index contributed by atoms with van der Waals surface area (Å²) in [5.41, 5.74) is 0.832. The number of nitrogens with zero attached hydrogens (tertiary/aromatic N) is 5. The molecule has 69 heavy (non-hydrogen) atoms. The minimum absolute atomic E-state index is 0.00864. The topological polar surface area (TPSA) is 179 Å². The lowest BCUT2D eigenvalue weighted by molar-refractivity contribution is -0.153. The number of anilines is 2. The summed E-state index contributed by atoms with van der Waals surface area (Å²) < 4.78 is 28.8. The van der Waals surface area contributed by atoms with E-state index in [1.54, 1.807) is 59.1 Å². The molecule has 3 atom stereocenters. The number of aromatic nitrogens is 1. The van der Waals surface area contributed by atoms with Crippen LogP contribution in [0.4, 0.5) is 21.0 Å². The molecule has 1 aliphatic carbocycles. The molecule has 0 bridgehead atoms. The van der Waals surface area contributed by atoms with Gasteiger partial charge < -0.3 is 33.6 Å². The molecular weight excluding hydrogens is 985 g/mol. The quantitative estimate of drug-likeness (QED) is 0.0542. The second kappa shape index (κ2) is 20.5. The maximum atomic E-state index is 15.1. The summed E-state index contributed by atoms with van der Waals surface area (Å²) in [5, 5.41) is 3.51. The molecule has 5 aromatic rings.